The highest BCUT2D eigenvalue weighted by Gasteiger charge is 2.32. The van der Waals surface area contributed by atoms with E-state index in [-0.39, 0.29) is 12.6 Å². The second-order valence-electron chi connectivity index (χ2n) is 5.75. The van der Waals surface area contributed by atoms with Gasteiger partial charge >= 0.3 is 5.97 Å². The first kappa shape index (κ1) is 17.4. The Hall–Kier alpha value is -0.960. The Morgan fingerprint density at radius 3 is 2.45 bits per heavy atom. The van der Waals surface area contributed by atoms with Crippen molar-refractivity contribution in [3.63, 3.8) is 0 Å². The zero-order valence-electron chi connectivity index (χ0n) is 13.1. The van der Waals surface area contributed by atoms with Crippen molar-refractivity contribution in [2.45, 2.75) is 36.9 Å². The van der Waals surface area contributed by atoms with Crippen LogP contribution in [0.15, 0.2) is 10.3 Å². The number of thiophene rings is 1. The molecule has 8 heteroatoms. The number of sulfonamides is 1. The first-order valence-electron chi connectivity index (χ1n) is 7.21. The average Bonchev–Trinajstić information content (AvgIpc) is 2.79. The molecule has 1 saturated heterocycles. The molecule has 0 atom stereocenters. The van der Waals surface area contributed by atoms with E-state index in [1.54, 1.807) is 18.0 Å². The number of carbonyl (C=O) groups is 1. The van der Waals surface area contributed by atoms with Crippen LogP contribution < -0.4 is 0 Å². The zero-order valence-corrected chi connectivity index (χ0v) is 14.7. The number of hydrogen-bond acceptors (Lipinski definition) is 5. The number of piperidine rings is 1. The summed E-state index contributed by atoms with van der Waals surface area (Å²) < 4.78 is 27.2. The van der Waals surface area contributed by atoms with E-state index in [9.17, 15) is 13.2 Å². The summed E-state index contributed by atoms with van der Waals surface area (Å²) in [4.78, 5) is 13.6. The molecule has 0 bridgehead atoms. The highest BCUT2D eigenvalue weighted by atomic mass is 32.2. The van der Waals surface area contributed by atoms with Gasteiger partial charge in [0.25, 0.3) is 10.0 Å². The summed E-state index contributed by atoms with van der Waals surface area (Å²) in [5.41, 5.74) is 1.000. The van der Waals surface area contributed by atoms with Crippen molar-refractivity contribution in [1.29, 1.82) is 0 Å². The topological polar surface area (TPSA) is 77.9 Å². The van der Waals surface area contributed by atoms with Gasteiger partial charge in [0.15, 0.2) is 0 Å². The van der Waals surface area contributed by atoms with Crippen molar-refractivity contribution < 1.29 is 18.3 Å². The second kappa shape index (κ2) is 6.66. The van der Waals surface area contributed by atoms with Gasteiger partial charge < -0.3 is 5.11 Å². The zero-order chi connectivity index (χ0) is 16.5. The van der Waals surface area contributed by atoms with Crippen molar-refractivity contribution in [2.75, 3.05) is 26.7 Å². The van der Waals surface area contributed by atoms with E-state index in [2.05, 4.69) is 0 Å². The predicted octanol–water partition coefficient (Wildman–Crippen LogP) is 1.53. The number of rotatable bonds is 5. The molecular formula is C14H22N2O4S2. The fourth-order valence-electron chi connectivity index (χ4n) is 2.66. The minimum Gasteiger partial charge on any atom is -0.480 e. The summed E-state index contributed by atoms with van der Waals surface area (Å²) in [5.74, 6) is -0.859. The number of carboxylic acid groups (broad SMARTS) is 1. The molecule has 0 unspecified atom stereocenters. The maximum Gasteiger partial charge on any atom is 0.317 e. The SMILES string of the molecule is Cc1cc(S(=O)(=O)N2CCC(N(C)CC(=O)O)CC2)sc1C. The molecule has 2 heterocycles. The summed E-state index contributed by atoms with van der Waals surface area (Å²) >= 11 is 1.31. The van der Waals surface area contributed by atoms with Crippen molar-refractivity contribution in [1.82, 2.24) is 9.21 Å². The Labute approximate surface area is 135 Å². The molecule has 0 aromatic carbocycles. The van der Waals surface area contributed by atoms with E-state index < -0.39 is 16.0 Å². The molecule has 1 N–H and O–H groups in total. The molecule has 2 rings (SSSR count). The minimum atomic E-state index is -3.42. The van der Waals surface area contributed by atoms with Gasteiger partial charge in [-0.25, -0.2) is 8.42 Å². The standard InChI is InChI=1S/C14H22N2O4S2/c1-10-8-14(21-11(10)2)22(19,20)16-6-4-12(5-7-16)15(3)9-13(17)18/h8,12H,4-7,9H2,1-3H3,(H,17,18). The summed E-state index contributed by atoms with van der Waals surface area (Å²) in [6.07, 6.45) is 1.32. The molecule has 0 amide bonds. The highest BCUT2D eigenvalue weighted by molar-refractivity contribution is 7.91. The van der Waals surface area contributed by atoms with E-state index in [1.165, 1.54) is 15.6 Å². The number of nitrogens with zero attached hydrogens (tertiary/aromatic N) is 2. The summed E-state index contributed by atoms with van der Waals surface area (Å²) in [6, 6.07) is 1.85. The largest absolute Gasteiger partial charge is 0.480 e. The summed E-state index contributed by atoms with van der Waals surface area (Å²) in [6.45, 7) is 4.70. The number of carboxylic acids is 1. The van der Waals surface area contributed by atoms with Crippen LogP contribution in [0.5, 0.6) is 0 Å². The lowest BCUT2D eigenvalue weighted by Crippen LogP contribution is -2.46. The van der Waals surface area contributed by atoms with E-state index in [0.29, 0.717) is 30.1 Å². The van der Waals surface area contributed by atoms with Crippen LogP contribution in [0.4, 0.5) is 0 Å². The second-order valence-corrected chi connectivity index (χ2v) is 9.17. The van der Waals surface area contributed by atoms with Crippen molar-refractivity contribution in [3.8, 4) is 0 Å². The van der Waals surface area contributed by atoms with Crippen LogP contribution >= 0.6 is 11.3 Å². The molecule has 22 heavy (non-hydrogen) atoms. The number of aryl methyl sites for hydroxylation is 2. The van der Waals surface area contributed by atoms with Crippen LogP contribution in [0.3, 0.4) is 0 Å². The molecule has 1 aromatic rings. The highest BCUT2D eigenvalue weighted by Crippen LogP contribution is 2.29. The molecule has 0 saturated carbocycles. The first-order chi connectivity index (χ1) is 10.2. The molecule has 1 aliphatic heterocycles. The number of aliphatic carboxylic acids is 1. The van der Waals surface area contributed by atoms with Gasteiger partial charge in [-0.1, -0.05) is 0 Å². The normalized spacial score (nSPS) is 18.0. The lowest BCUT2D eigenvalue weighted by Gasteiger charge is -2.35. The molecule has 1 aromatic heterocycles. The van der Waals surface area contributed by atoms with Gasteiger partial charge in [-0.3, -0.25) is 9.69 Å². The fraction of sp³-hybridized carbons (Fsp3) is 0.643. The van der Waals surface area contributed by atoms with Crippen LogP contribution in [0.25, 0.3) is 0 Å². The molecule has 124 valence electrons. The minimum absolute atomic E-state index is 0.0132. The molecule has 6 nitrogen and oxygen atoms in total. The molecular weight excluding hydrogens is 324 g/mol. The Balaban J connectivity index is 2.03. The van der Waals surface area contributed by atoms with E-state index in [4.69, 9.17) is 5.11 Å². The van der Waals surface area contributed by atoms with Gasteiger partial charge in [-0.05, 0) is 45.4 Å². The quantitative estimate of drug-likeness (QED) is 0.875. The van der Waals surface area contributed by atoms with Crippen molar-refractivity contribution in [2.24, 2.45) is 0 Å². The fourth-order valence-corrected chi connectivity index (χ4v) is 5.80. The lowest BCUT2D eigenvalue weighted by atomic mass is 10.1. The van der Waals surface area contributed by atoms with Gasteiger partial charge in [-0.2, -0.15) is 4.31 Å². The van der Waals surface area contributed by atoms with E-state index in [0.717, 1.165) is 10.4 Å². The van der Waals surface area contributed by atoms with Gasteiger partial charge in [0.05, 0.1) is 6.54 Å². The Morgan fingerprint density at radius 2 is 2.00 bits per heavy atom. The third kappa shape index (κ3) is 3.68. The van der Waals surface area contributed by atoms with Gasteiger partial charge in [-0.15, -0.1) is 11.3 Å². The van der Waals surface area contributed by atoms with Crippen LogP contribution in [0.1, 0.15) is 23.3 Å². The number of hydrogen-bond donors (Lipinski definition) is 1. The van der Waals surface area contributed by atoms with Gasteiger partial charge in [0.2, 0.25) is 0 Å². The summed E-state index contributed by atoms with van der Waals surface area (Å²) in [7, 11) is -1.65. The third-order valence-electron chi connectivity index (χ3n) is 4.17. The van der Waals surface area contributed by atoms with Crippen LogP contribution in [-0.2, 0) is 14.8 Å². The number of likely N-dealkylation sites (N-methyl/N-ethyl adjacent to an activating group) is 1. The first-order valence-corrected chi connectivity index (χ1v) is 9.46. The lowest BCUT2D eigenvalue weighted by molar-refractivity contribution is -0.138. The average molecular weight is 346 g/mol. The maximum atomic E-state index is 12.6. The van der Waals surface area contributed by atoms with Crippen LogP contribution in [0.2, 0.25) is 0 Å². The Kier molecular flexibility index (Phi) is 5.26. The molecule has 0 aliphatic carbocycles. The Morgan fingerprint density at radius 1 is 1.41 bits per heavy atom. The van der Waals surface area contributed by atoms with Crippen LogP contribution in [-0.4, -0.2) is 61.4 Å². The van der Waals surface area contributed by atoms with Crippen LogP contribution in [0, 0.1) is 13.8 Å². The van der Waals surface area contributed by atoms with Crippen molar-refractivity contribution >= 4 is 27.3 Å². The smallest absolute Gasteiger partial charge is 0.317 e. The molecule has 0 spiro atoms. The third-order valence-corrected chi connectivity index (χ3v) is 7.67. The molecule has 1 aliphatic rings. The summed E-state index contributed by atoms with van der Waals surface area (Å²) in [5, 5.41) is 8.83. The maximum absolute atomic E-state index is 12.6. The Bertz CT molecular complexity index is 626. The molecule has 1 fully saturated rings. The molecule has 0 radical (unpaired) electrons. The predicted molar refractivity (Wildman–Crippen MR) is 85.8 cm³/mol. The van der Waals surface area contributed by atoms with Gasteiger partial charge in [0, 0.05) is 24.0 Å². The van der Waals surface area contributed by atoms with Gasteiger partial charge in [0.1, 0.15) is 4.21 Å². The van der Waals surface area contributed by atoms with Crippen molar-refractivity contribution in [3.05, 3.63) is 16.5 Å². The van der Waals surface area contributed by atoms with E-state index in [1.807, 2.05) is 13.8 Å². The van der Waals surface area contributed by atoms with E-state index >= 15 is 0 Å². The monoisotopic (exact) mass is 346 g/mol.